The maximum absolute atomic E-state index is 12.2. The molecular formula is C16H15BrClN3O2. The summed E-state index contributed by atoms with van der Waals surface area (Å²) in [5.41, 5.74) is 7.64. The van der Waals surface area contributed by atoms with Crippen LogP contribution in [-0.4, -0.2) is 11.8 Å². The van der Waals surface area contributed by atoms with Crippen LogP contribution in [0.15, 0.2) is 59.6 Å². The molecule has 0 saturated carbocycles. The Balaban J connectivity index is 0.00000264. The highest BCUT2D eigenvalue weighted by atomic mass is 79.9. The van der Waals surface area contributed by atoms with Crippen LogP contribution in [0.2, 0.25) is 0 Å². The first kappa shape index (κ1) is 18.7. The summed E-state index contributed by atoms with van der Waals surface area (Å²) in [4.78, 5) is 23.5. The Morgan fingerprint density at radius 2 is 1.78 bits per heavy atom. The van der Waals surface area contributed by atoms with Gasteiger partial charge in [0, 0.05) is 21.5 Å². The van der Waals surface area contributed by atoms with Gasteiger partial charge >= 0.3 is 0 Å². The number of anilines is 3. The van der Waals surface area contributed by atoms with Crippen LogP contribution < -0.4 is 16.4 Å². The van der Waals surface area contributed by atoms with Crippen LogP contribution in [0, 0.1) is 0 Å². The first-order chi connectivity index (χ1) is 10.5. The average Bonchev–Trinajstić information content (AvgIpc) is 2.47. The van der Waals surface area contributed by atoms with Gasteiger partial charge in [0.05, 0.1) is 5.56 Å². The number of carbonyl (C=O) groups excluding carboxylic acids is 2. The Bertz CT molecular complexity index is 750. The normalized spacial score (nSPS) is 9.43. The molecule has 0 atom stereocenters. The molecule has 23 heavy (non-hydrogen) atoms. The van der Waals surface area contributed by atoms with Crippen molar-refractivity contribution < 1.29 is 9.59 Å². The van der Waals surface area contributed by atoms with Crippen LogP contribution >= 0.6 is 28.3 Å². The molecule has 4 N–H and O–H groups in total. The summed E-state index contributed by atoms with van der Waals surface area (Å²) >= 11 is 3.34. The molecule has 0 aliphatic carbocycles. The van der Waals surface area contributed by atoms with Gasteiger partial charge in [-0.3, -0.25) is 9.59 Å². The van der Waals surface area contributed by atoms with Crippen molar-refractivity contribution in [3.05, 3.63) is 65.2 Å². The van der Waals surface area contributed by atoms with Gasteiger partial charge in [-0.15, -0.1) is 12.4 Å². The second-order valence-corrected chi connectivity index (χ2v) is 5.38. The number of nitrogen functional groups attached to an aromatic ring is 1. The number of benzene rings is 2. The van der Waals surface area contributed by atoms with Crippen molar-refractivity contribution in [1.29, 1.82) is 0 Å². The lowest BCUT2D eigenvalue weighted by Crippen LogP contribution is -2.15. The van der Waals surface area contributed by atoms with E-state index in [0.29, 0.717) is 16.9 Å². The molecule has 5 nitrogen and oxygen atoms in total. The minimum Gasteiger partial charge on any atom is -0.398 e. The molecule has 0 fully saturated rings. The number of carbonyl (C=O) groups is 2. The topological polar surface area (TPSA) is 84.2 Å². The third-order valence-electron chi connectivity index (χ3n) is 2.83. The quantitative estimate of drug-likeness (QED) is 0.542. The van der Waals surface area contributed by atoms with E-state index in [2.05, 4.69) is 33.1 Å². The van der Waals surface area contributed by atoms with Crippen molar-refractivity contribution in [2.24, 2.45) is 0 Å². The van der Waals surface area contributed by atoms with E-state index in [4.69, 9.17) is 5.73 Å². The molecule has 0 aliphatic heterocycles. The van der Waals surface area contributed by atoms with Crippen molar-refractivity contribution in [1.82, 2.24) is 0 Å². The largest absolute Gasteiger partial charge is 0.398 e. The number of hydrogen-bond acceptors (Lipinski definition) is 3. The molecule has 0 saturated heterocycles. The van der Waals surface area contributed by atoms with E-state index < -0.39 is 0 Å². The molecule has 120 valence electrons. The Morgan fingerprint density at radius 3 is 2.39 bits per heavy atom. The lowest BCUT2D eigenvalue weighted by atomic mass is 10.1. The van der Waals surface area contributed by atoms with Crippen LogP contribution in [0.5, 0.6) is 0 Å². The molecule has 2 aromatic carbocycles. The smallest absolute Gasteiger partial charge is 0.257 e. The Labute approximate surface area is 148 Å². The Morgan fingerprint density at radius 1 is 1.09 bits per heavy atom. The van der Waals surface area contributed by atoms with Crippen LogP contribution in [0.4, 0.5) is 17.1 Å². The fraction of sp³-hybridized carbons (Fsp3) is 0. The number of amides is 2. The molecule has 2 amide bonds. The second-order valence-electron chi connectivity index (χ2n) is 4.46. The van der Waals surface area contributed by atoms with Gasteiger partial charge in [0.1, 0.15) is 0 Å². The summed E-state index contributed by atoms with van der Waals surface area (Å²) in [5.74, 6) is -0.664. The van der Waals surface area contributed by atoms with Gasteiger partial charge in [0.25, 0.3) is 5.91 Å². The number of hydrogen-bond donors (Lipinski definition) is 3. The molecule has 7 heteroatoms. The molecule has 0 spiro atoms. The fourth-order valence-corrected chi connectivity index (χ4v) is 2.20. The van der Waals surface area contributed by atoms with E-state index in [0.717, 1.165) is 10.5 Å². The highest BCUT2D eigenvalue weighted by molar-refractivity contribution is 9.10. The lowest BCUT2D eigenvalue weighted by Gasteiger charge is -2.10. The zero-order valence-corrected chi connectivity index (χ0v) is 14.4. The van der Waals surface area contributed by atoms with Gasteiger partial charge in [-0.2, -0.15) is 0 Å². The average molecular weight is 397 g/mol. The van der Waals surface area contributed by atoms with Crippen molar-refractivity contribution in [3.8, 4) is 0 Å². The number of halogens is 2. The monoisotopic (exact) mass is 395 g/mol. The molecule has 0 unspecified atom stereocenters. The first-order valence-corrected chi connectivity index (χ1v) is 7.19. The summed E-state index contributed by atoms with van der Waals surface area (Å²) in [6, 6.07) is 11.9. The molecule has 0 aromatic heterocycles. The van der Waals surface area contributed by atoms with Crippen LogP contribution in [0.1, 0.15) is 10.4 Å². The van der Waals surface area contributed by atoms with Gasteiger partial charge in [-0.25, -0.2) is 0 Å². The summed E-state index contributed by atoms with van der Waals surface area (Å²) in [7, 11) is 0. The maximum Gasteiger partial charge on any atom is 0.257 e. The molecule has 0 heterocycles. The molecule has 0 radical (unpaired) electrons. The van der Waals surface area contributed by atoms with Crippen LogP contribution in [0.3, 0.4) is 0 Å². The van der Waals surface area contributed by atoms with Gasteiger partial charge < -0.3 is 16.4 Å². The second kappa shape index (κ2) is 8.36. The summed E-state index contributed by atoms with van der Waals surface area (Å²) in [6.45, 7) is 3.37. The van der Waals surface area contributed by atoms with Crippen molar-refractivity contribution >= 4 is 57.2 Å². The van der Waals surface area contributed by atoms with Crippen molar-refractivity contribution in [2.75, 3.05) is 16.4 Å². The van der Waals surface area contributed by atoms with Crippen molar-refractivity contribution in [2.45, 2.75) is 0 Å². The van der Waals surface area contributed by atoms with E-state index in [-0.39, 0.29) is 29.9 Å². The minimum absolute atomic E-state index is 0. The summed E-state index contributed by atoms with van der Waals surface area (Å²) in [5, 5.41) is 5.34. The molecule has 2 rings (SSSR count). The highest BCUT2D eigenvalue weighted by Gasteiger charge is 2.11. The molecule has 0 aliphatic rings. The number of rotatable bonds is 4. The van der Waals surface area contributed by atoms with Gasteiger partial charge in [0.2, 0.25) is 5.91 Å². The molecule has 0 bridgehead atoms. The molecule has 2 aromatic rings. The number of nitrogens with two attached hydrogens (primary N) is 1. The van der Waals surface area contributed by atoms with Crippen LogP contribution in [-0.2, 0) is 4.79 Å². The predicted molar refractivity (Wildman–Crippen MR) is 99.0 cm³/mol. The first-order valence-electron chi connectivity index (χ1n) is 6.39. The van der Waals surface area contributed by atoms with E-state index in [1.54, 1.807) is 24.3 Å². The minimum atomic E-state index is -0.342. The van der Waals surface area contributed by atoms with E-state index >= 15 is 0 Å². The van der Waals surface area contributed by atoms with Gasteiger partial charge in [-0.05, 0) is 42.5 Å². The van der Waals surface area contributed by atoms with Crippen LogP contribution in [0.25, 0.3) is 0 Å². The Hall–Kier alpha value is -2.31. The SMILES string of the molecule is C=CC(=O)Nc1ccc(C(=O)Nc2cccc(Br)c2)c(N)c1.Cl. The number of nitrogens with one attached hydrogen (secondary N) is 2. The van der Waals surface area contributed by atoms with Gasteiger partial charge in [-0.1, -0.05) is 28.6 Å². The van der Waals surface area contributed by atoms with Crippen molar-refractivity contribution in [3.63, 3.8) is 0 Å². The Kier molecular flexibility index (Phi) is 6.81. The third-order valence-corrected chi connectivity index (χ3v) is 3.32. The third kappa shape index (κ3) is 5.12. The lowest BCUT2D eigenvalue weighted by molar-refractivity contribution is -0.111. The van der Waals surface area contributed by atoms with E-state index in [9.17, 15) is 9.59 Å². The van der Waals surface area contributed by atoms with E-state index in [1.807, 2.05) is 12.1 Å². The zero-order valence-electron chi connectivity index (χ0n) is 12.0. The van der Waals surface area contributed by atoms with Gasteiger partial charge in [0.15, 0.2) is 0 Å². The summed E-state index contributed by atoms with van der Waals surface area (Å²) < 4.78 is 0.862. The fourth-order valence-electron chi connectivity index (χ4n) is 1.81. The predicted octanol–water partition coefficient (Wildman–Crippen LogP) is 3.83. The van der Waals surface area contributed by atoms with E-state index in [1.165, 1.54) is 6.07 Å². The maximum atomic E-state index is 12.2. The summed E-state index contributed by atoms with van der Waals surface area (Å²) in [6.07, 6.45) is 1.16. The highest BCUT2D eigenvalue weighted by Crippen LogP contribution is 2.21. The standard InChI is InChI=1S/C16H14BrN3O2.ClH/c1-2-15(21)19-12-6-7-13(14(18)9-12)16(22)20-11-5-3-4-10(17)8-11;/h2-9H,1,18H2,(H,19,21)(H,20,22);1H. The molecular weight excluding hydrogens is 382 g/mol. The zero-order chi connectivity index (χ0) is 16.1.